The fourth-order valence-corrected chi connectivity index (χ4v) is 3.83. The van der Waals surface area contributed by atoms with Gasteiger partial charge in [0.15, 0.2) is 0 Å². The van der Waals surface area contributed by atoms with Crippen molar-refractivity contribution in [1.29, 1.82) is 0 Å². The number of unbranched alkanes of at least 4 members (excludes halogenated alkanes) is 3. The summed E-state index contributed by atoms with van der Waals surface area (Å²) in [7, 11) is -3.69. The van der Waals surface area contributed by atoms with Gasteiger partial charge in [-0.15, -0.1) is 0 Å². The van der Waals surface area contributed by atoms with E-state index in [0.29, 0.717) is 17.8 Å². The lowest BCUT2D eigenvalue weighted by Gasteiger charge is -2.09. The Labute approximate surface area is 178 Å². The highest BCUT2D eigenvalue weighted by Crippen LogP contribution is 2.15. The van der Waals surface area contributed by atoms with Crippen LogP contribution in [0.3, 0.4) is 0 Å². The fourth-order valence-electron chi connectivity index (χ4n) is 2.81. The van der Waals surface area contributed by atoms with E-state index < -0.39 is 10.0 Å². The molecule has 2 amide bonds. The lowest BCUT2D eigenvalue weighted by molar-refractivity contribution is -0.114. The van der Waals surface area contributed by atoms with Gasteiger partial charge in [0.05, 0.1) is 4.90 Å². The third-order valence-electron chi connectivity index (χ3n) is 4.48. The summed E-state index contributed by atoms with van der Waals surface area (Å²) in [4.78, 5) is 23.3. The predicted molar refractivity (Wildman–Crippen MR) is 118 cm³/mol. The summed E-state index contributed by atoms with van der Waals surface area (Å²) in [6, 6.07) is 12.8. The first-order chi connectivity index (χ1) is 14.3. The molecule has 162 valence electrons. The van der Waals surface area contributed by atoms with Crippen LogP contribution in [0.1, 0.15) is 55.5 Å². The number of rotatable bonds is 11. The molecule has 0 heterocycles. The highest BCUT2D eigenvalue weighted by Gasteiger charge is 2.14. The topological polar surface area (TPSA) is 104 Å². The minimum absolute atomic E-state index is 0.106. The van der Waals surface area contributed by atoms with E-state index >= 15 is 0 Å². The van der Waals surface area contributed by atoms with Crippen molar-refractivity contribution in [3.8, 4) is 0 Å². The van der Waals surface area contributed by atoms with Crippen LogP contribution in [0, 0.1) is 0 Å². The molecule has 2 rings (SSSR count). The van der Waals surface area contributed by atoms with E-state index in [4.69, 9.17) is 0 Å². The van der Waals surface area contributed by atoms with E-state index in [1.807, 2.05) is 0 Å². The molecule has 0 unspecified atom stereocenters. The molecule has 2 aromatic carbocycles. The standard InChI is InChI=1S/C22H29N3O4S/c1-3-4-5-6-15-23-22(27)19-9-7-18(8-10-19)16-24-30(28,29)21-13-11-20(12-14-21)25-17(2)26/h7-14,24H,3-6,15-16H2,1-2H3,(H,23,27)(H,25,26). The molecule has 0 aliphatic heterocycles. The van der Waals surface area contributed by atoms with Crippen molar-refractivity contribution in [2.75, 3.05) is 11.9 Å². The van der Waals surface area contributed by atoms with Gasteiger partial charge in [0.2, 0.25) is 15.9 Å². The minimum Gasteiger partial charge on any atom is -0.352 e. The van der Waals surface area contributed by atoms with Crippen molar-refractivity contribution in [3.63, 3.8) is 0 Å². The van der Waals surface area contributed by atoms with Crippen molar-refractivity contribution < 1.29 is 18.0 Å². The first-order valence-corrected chi connectivity index (χ1v) is 11.5. The van der Waals surface area contributed by atoms with Gasteiger partial charge in [-0.25, -0.2) is 13.1 Å². The van der Waals surface area contributed by atoms with Crippen LogP contribution in [0.2, 0.25) is 0 Å². The van der Waals surface area contributed by atoms with Gasteiger partial charge in [0.1, 0.15) is 0 Å². The Bertz CT molecular complexity index is 939. The molecule has 0 aliphatic carbocycles. The first-order valence-electron chi connectivity index (χ1n) is 10.1. The number of benzene rings is 2. The van der Waals surface area contributed by atoms with Gasteiger partial charge in [-0.05, 0) is 48.4 Å². The predicted octanol–water partition coefficient (Wildman–Crippen LogP) is 3.43. The van der Waals surface area contributed by atoms with Crippen LogP contribution in [0.15, 0.2) is 53.4 Å². The van der Waals surface area contributed by atoms with Crippen molar-refractivity contribution in [3.05, 3.63) is 59.7 Å². The van der Waals surface area contributed by atoms with Gasteiger partial charge in [-0.1, -0.05) is 38.3 Å². The Balaban J connectivity index is 1.87. The van der Waals surface area contributed by atoms with Crippen LogP contribution in [0.25, 0.3) is 0 Å². The zero-order chi connectivity index (χ0) is 22.0. The zero-order valence-corrected chi connectivity index (χ0v) is 18.2. The van der Waals surface area contributed by atoms with Crippen LogP contribution >= 0.6 is 0 Å². The first kappa shape index (κ1) is 23.6. The second-order valence-electron chi connectivity index (χ2n) is 7.04. The molecule has 0 bridgehead atoms. The Hall–Kier alpha value is -2.71. The number of carbonyl (C=O) groups is 2. The van der Waals surface area contributed by atoms with Crippen molar-refractivity contribution >= 4 is 27.5 Å². The second-order valence-corrected chi connectivity index (χ2v) is 8.81. The number of hydrogen-bond donors (Lipinski definition) is 3. The van der Waals surface area contributed by atoms with Crippen LogP contribution in [-0.2, 0) is 21.4 Å². The molecular weight excluding hydrogens is 402 g/mol. The normalized spacial score (nSPS) is 11.1. The summed E-state index contributed by atoms with van der Waals surface area (Å²) in [5.41, 5.74) is 1.82. The van der Waals surface area contributed by atoms with E-state index in [0.717, 1.165) is 24.8 Å². The number of amides is 2. The molecule has 30 heavy (non-hydrogen) atoms. The van der Waals surface area contributed by atoms with Crippen LogP contribution in [-0.4, -0.2) is 26.8 Å². The smallest absolute Gasteiger partial charge is 0.251 e. The Kier molecular flexibility index (Phi) is 9.01. The van der Waals surface area contributed by atoms with E-state index in [9.17, 15) is 18.0 Å². The Morgan fingerprint density at radius 3 is 2.17 bits per heavy atom. The van der Waals surface area contributed by atoms with E-state index in [1.54, 1.807) is 24.3 Å². The van der Waals surface area contributed by atoms with Crippen LogP contribution in [0.4, 0.5) is 5.69 Å². The molecule has 2 aromatic rings. The second kappa shape index (κ2) is 11.5. The average molecular weight is 432 g/mol. The Morgan fingerprint density at radius 2 is 1.57 bits per heavy atom. The molecule has 0 spiro atoms. The van der Waals surface area contributed by atoms with E-state index in [-0.39, 0.29) is 23.3 Å². The number of nitrogens with one attached hydrogen (secondary N) is 3. The molecule has 8 heteroatoms. The molecule has 0 radical (unpaired) electrons. The monoisotopic (exact) mass is 431 g/mol. The lowest BCUT2D eigenvalue weighted by Crippen LogP contribution is -2.25. The summed E-state index contributed by atoms with van der Waals surface area (Å²) in [6.45, 7) is 4.29. The summed E-state index contributed by atoms with van der Waals surface area (Å²) in [5, 5.41) is 5.49. The van der Waals surface area contributed by atoms with E-state index in [2.05, 4.69) is 22.3 Å². The third kappa shape index (κ3) is 7.61. The molecule has 7 nitrogen and oxygen atoms in total. The SMILES string of the molecule is CCCCCCNC(=O)c1ccc(CNS(=O)(=O)c2ccc(NC(C)=O)cc2)cc1. The third-order valence-corrected chi connectivity index (χ3v) is 5.90. The van der Waals surface area contributed by atoms with Crippen LogP contribution < -0.4 is 15.4 Å². The average Bonchev–Trinajstić information content (AvgIpc) is 2.72. The molecule has 0 aromatic heterocycles. The summed E-state index contributed by atoms with van der Waals surface area (Å²) in [5.74, 6) is -0.352. The lowest BCUT2D eigenvalue weighted by atomic mass is 10.1. The summed E-state index contributed by atoms with van der Waals surface area (Å²) in [6.07, 6.45) is 4.39. The van der Waals surface area contributed by atoms with Gasteiger partial charge >= 0.3 is 0 Å². The fraction of sp³-hybridized carbons (Fsp3) is 0.364. The molecule has 0 saturated heterocycles. The minimum atomic E-state index is -3.69. The van der Waals surface area contributed by atoms with Crippen LogP contribution in [0.5, 0.6) is 0 Å². The number of hydrogen-bond acceptors (Lipinski definition) is 4. The maximum atomic E-state index is 12.4. The number of anilines is 1. The highest BCUT2D eigenvalue weighted by atomic mass is 32.2. The molecule has 0 aliphatic rings. The summed E-state index contributed by atoms with van der Waals surface area (Å²) >= 11 is 0. The van der Waals surface area contributed by atoms with Crippen molar-refractivity contribution in [2.24, 2.45) is 0 Å². The van der Waals surface area contributed by atoms with Gasteiger partial charge in [-0.2, -0.15) is 0 Å². The number of carbonyl (C=O) groups excluding carboxylic acids is 2. The van der Waals surface area contributed by atoms with Gasteiger partial charge in [0.25, 0.3) is 5.91 Å². The van der Waals surface area contributed by atoms with Crippen molar-refractivity contribution in [1.82, 2.24) is 10.0 Å². The largest absolute Gasteiger partial charge is 0.352 e. The van der Waals surface area contributed by atoms with Crippen molar-refractivity contribution in [2.45, 2.75) is 51.0 Å². The van der Waals surface area contributed by atoms with Gasteiger partial charge in [0, 0.05) is 31.3 Å². The molecule has 0 saturated carbocycles. The quantitative estimate of drug-likeness (QED) is 0.474. The highest BCUT2D eigenvalue weighted by molar-refractivity contribution is 7.89. The molecule has 3 N–H and O–H groups in total. The van der Waals surface area contributed by atoms with E-state index in [1.165, 1.54) is 37.6 Å². The zero-order valence-electron chi connectivity index (χ0n) is 17.4. The molecule has 0 atom stereocenters. The van der Waals surface area contributed by atoms with Gasteiger partial charge in [-0.3, -0.25) is 9.59 Å². The van der Waals surface area contributed by atoms with Gasteiger partial charge < -0.3 is 10.6 Å². The number of sulfonamides is 1. The summed E-state index contributed by atoms with van der Waals surface area (Å²) < 4.78 is 27.4. The maximum absolute atomic E-state index is 12.4. The molecule has 0 fully saturated rings. The molecular formula is C22H29N3O4S. The Morgan fingerprint density at radius 1 is 0.900 bits per heavy atom. The maximum Gasteiger partial charge on any atom is 0.251 e.